The number of Topliss-reactive ketones (excluding diaryl/α,β-unsaturated/α-hetero) is 1. The number of anilines is 1. The van der Waals surface area contributed by atoms with Gasteiger partial charge in [0.15, 0.2) is 24.0 Å². The molecule has 1 aliphatic rings. The monoisotopic (exact) mass is 401 g/mol. The molecule has 7 heteroatoms. The molecule has 0 saturated carbocycles. The second kappa shape index (κ2) is 9.41. The van der Waals surface area contributed by atoms with Crippen molar-refractivity contribution in [3.05, 3.63) is 64.7 Å². The Morgan fingerprint density at radius 2 is 1.66 bits per heavy atom. The summed E-state index contributed by atoms with van der Waals surface area (Å²) in [6.07, 6.45) is 4.12. The summed E-state index contributed by atoms with van der Waals surface area (Å²) in [4.78, 5) is 35.9. The van der Waals surface area contributed by atoms with Gasteiger partial charge in [-0.2, -0.15) is 0 Å². The smallest absolute Gasteiger partial charge is 0.306 e. The van der Waals surface area contributed by atoms with Crippen molar-refractivity contribution in [2.75, 3.05) is 11.9 Å². The van der Waals surface area contributed by atoms with Gasteiger partial charge in [-0.1, -0.05) is 12.1 Å². The number of esters is 1. The summed E-state index contributed by atoms with van der Waals surface area (Å²) in [6.45, 7) is -0.579. The van der Waals surface area contributed by atoms with E-state index in [-0.39, 0.29) is 24.3 Å². The summed E-state index contributed by atoms with van der Waals surface area (Å²) in [5.74, 6) is -3.65. The first kappa shape index (κ1) is 20.6. The Morgan fingerprint density at radius 1 is 0.897 bits per heavy atom. The first-order chi connectivity index (χ1) is 13.9. The number of benzene rings is 2. The normalized spacial score (nSPS) is 12.8. The van der Waals surface area contributed by atoms with E-state index in [0.717, 1.165) is 37.8 Å². The van der Waals surface area contributed by atoms with Crippen LogP contribution < -0.4 is 5.32 Å². The van der Waals surface area contributed by atoms with Crippen LogP contribution in [0.25, 0.3) is 0 Å². The van der Waals surface area contributed by atoms with Gasteiger partial charge in [0.05, 0.1) is 6.42 Å². The van der Waals surface area contributed by atoms with Crippen molar-refractivity contribution in [3.63, 3.8) is 0 Å². The number of aryl methyl sites for hydroxylation is 2. The molecule has 0 saturated heterocycles. The maximum atomic E-state index is 13.1. The molecule has 0 atom stereocenters. The quantitative estimate of drug-likeness (QED) is 0.563. The lowest BCUT2D eigenvalue weighted by Gasteiger charge is -2.16. The van der Waals surface area contributed by atoms with Gasteiger partial charge in [-0.25, -0.2) is 8.78 Å². The van der Waals surface area contributed by atoms with Crippen LogP contribution in [0.4, 0.5) is 14.5 Å². The second-order valence-corrected chi connectivity index (χ2v) is 6.95. The first-order valence-corrected chi connectivity index (χ1v) is 9.48. The molecule has 0 heterocycles. The van der Waals surface area contributed by atoms with E-state index in [1.807, 2.05) is 12.1 Å². The Hall–Kier alpha value is -3.09. The minimum atomic E-state index is -1.10. The molecular weight excluding hydrogens is 380 g/mol. The summed E-state index contributed by atoms with van der Waals surface area (Å²) in [5, 5.41) is 2.30. The van der Waals surface area contributed by atoms with Gasteiger partial charge in [-0.15, -0.1) is 0 Å². The van der Waals surface area contributed by atoms with Crippen molar-refractivity contribution >= 4 is 23.3 Å². The van der Waals surface area contributed by atoms with Crippen molar-refractivity contribution < 1.29 is 27.9 Å². The number of fused-ring (bicyclic) bond motifs is 1. The topological polar surface area (TPSA) is 72.5 Å². The summed E-state index contributed by atoms with van der Waals surface area (Å²) < 4.78 is 30.8. The van der Waals surface area contributed by atoms with Gasteiger partial charge in [0.2, 0.25) is 0 Å². The summed E-state index contributed by atoms with van der Waals surface area (Å²) in [6, 6.07) is 8.55. The number of halogens is 2. The van der Waals surface area contributed by atoms with Crippen LogP contribution in [0, 0.1) is 11.6 Å². The fourth-order valence-corrected chi connectivity index (χ4v) is 3.26. The summed E-state index contributed by atoms with van der Waals surface area (Å²) in [7, 11) is 0. The van der Waals surface area contributed by atoms with Crippen LogP contribution in [0.2, 0.25) is 0 Å². The van der Waals surface area contributed by atoms with E-state index in [2.05, 4.69) is 5.32 Å². The molecule has 1 amide bonds. The molecule has 0 aliphatic heterocycles. The van der Waals surface area contributed by atoms with Crippen LogP contribution >= 0.6 is 0 Å². The highest BCUT2D eigenvalue weighted by Gasteiger charge is 2.15. The Morgan fingerprint density at radius 3 is 2.41 bits per heavy atom. The van der Waals surface area contributed by atoms with E-state index in [1.165, 1.54) is 17.2 Å². The van der Waals surface area contributed by atoms with Crippen molar-refractivity contribution in [1.29, 1.82) is 0 Å². The lowest BCUT2D eigenvalue weighted by molar-refractivity contribution is -0.147. The summed E-state index contributed by atoms with van der Waals surface area (Å²) >= 11 is 0. The Balaban J connectivity index is 1.43. The highest BCUT2D eigenvalue weighted by molar-refractivity contribution is 5.98. The maximum absolute atomic E-state index is 13.1. The minimum absolute atomic E-state index is 0.0115. The lowest BCUT2D eigenvalue weighted by Crippen LogP contribution is -2.21. The molecule has 0 bridgehead atoms. The highest BCUT2D eigenvalue weighted by Crippen LogP contribution is 2.23. The molecule has 3 rings (SSSR count). The van der Waals surface area contributed by atoms with E-state index in [9.17, 15) is 23.2 Å². The second-order valence-electron chi connectivity index (χ2n) is 6.95. The van der Waals surface area contributed by atoms with Crippen LogP contribution in [0.1, 0.15) is 47.2 Å². The van der Waals surface area contributed by atoms with Crippen molar-refractivity contribution in [2.24, 2.45) is 0 Å². The molecule has 1 N–H and O–H groups in total. The molecule has 1 aliphatic carbocycles. The van der Waals surface area contributed by atoms with Gasteiger partial charge in [-0.3, -0.25) is 14.4 Å². The van der Waals surface area contributed by atoms with Gasteiger partial charge in [0.25, 0.3) is 5.91 Å². The molecule has 0 spiro atoms. The van der Waals surface area contributed by atoms with Crippen LogP contribution in [0.15, 0.2) is 36.4 Å². The number of carbonyl (C=O) groups excluding carboxylic acids is 3. The molecule has 0 unspecified atom stereocenters. The average molecular weight is 401 g/mol. The third kappa shape index (κ3) is 5.70. The maximum Gasteiger partial charge on any atom is 0.306 e. The fraction of sp³-hybridized carbons (Fsp3) is 0.318. The molecule has 2 aromatic rings. The number of nitrogens with one attached hydrogen (secondary N) is 1. The Bertz CT molecular complexity index is 942. The van der Waals surface area contributed by atoms with E-state index in [0.29, 0.717) is 5.56 Å². The van der Waals surface area contributed by atoms with Crippen molar-refractivity contribution in [3.8, 4) is 0 Å². The zero-order chi connectivity index (χ0) is 20.8. The van der Waals surface area contributed by atoms with Crippen LogP contribution in [0.3, 0.4) is 0 Å². The number of ether oxygens (including phenoxy) is 1. The van der Waals surface area contributed by atoms with Crippen LogP contribution in [-0.4, -0.2) is 24.3 Å². The number of hydrogen-bond acceptors (Lipinski definition) is 4. The SMILES string of the molecule is O=C(COC(=O)CCC(=O)c1ccc2c(c1)CCCC2)Nc1ccc(F)c(F)c1. The molecular formula is C22H21F2NO4. The van der Waals surface area contributed by atoms with Gasteiger partial charge in [-0.05, 0) is 55.0 Å². The minimum Gasteiger partial charge on any atom is -0.456 e. The van der Waals surface area contributed by atoms with Crippen molar-refractivity contribution in [1.82, 2.24) is 0 Å². The number of rotatable bonds is 7. The number of amides is 1. The molecule has 29 heavy (non-hydrogen) atoms. The highest BCUT2D eigenvalue weighted by atomic mass is 19.2. The lowest BCUT2D eigenvalue weighted by atomic mass is 9.89. The van der Waals surface area contributed by atoms with Crippen molar-refractivity contribution in [2.45, 2.75) is 38.5 Å². The Kier molecular flexibility index (Phi) is 6.69. The van der Waals surface area contributed by atoms with Gasteiger partial charge in [0.1, 0.15) is 0 Å². The van der Waals surface area contributed by atoms with Crippen LogP contribution in [0.5, 0.6) is 0 Å². The fourth-order valence-electron chi connectivity index (χ4n) is 3.26. The third-order valence-corrected chi connectivity index (χ3v) is 4.79. The third-order valence-electron chi connectivity index (χ3n) is 4.79. The van der Waals surface area contributed by atoms with Crippen LogP contribution in [-0.2, 0) is 27.2 Å². The van der Waals surface area contributed by atoms with Gasteiger partial charge >= 0.3 is 5.97 Å². The number of hydrogen-bond donors (Lipinski definition) is 1. The molecule has 2 aromatic carbocycles. The van der Waals surface area contributed by atoms with E-state index in [4.69, 9.17) is 4.74 Å². The van der Waals surface area contributed by atoms with Gasteiger partial charge < -0.3 is 10.1 Å². The molecule has 0 fully saturated rings. The van der Waals surface area contributed by atoms with Gasteiger partial charge in [0, 0.05) is 23.7 Å². The molecule has 5 nitrogen and oxygen atoms in total. The molecule has 0 aromatic heterocycles. The summed E-state index contributed by atoms with van der Waals surface area (Å²) in [5.41, 5.74) is 3.10. The zero-order valence-electron chi connectivity index (χ0n) is 15.8. The average Bonchev–Trinajstić information content (AvgIpc) is 2.72. The largest absolute Gasteiger partial charge is 0.456 e. The predicted octanol–water partition coefficient (Wildman–Crippen LogP) is 3.99. The first-order valence-electron chi connectivity index (χ1n) is 9.48. The standard InChI is InChI=1S/C22H21F2NO4/c23-18-8-7-17(12-19(18)24)25-21(27)13-29-22(28)10-9-20(26)16-6-5-14-3-1-2-4-15(14)11-16/h5-8,11-12H,1-4,9-10,13H2,(H,25,27). The predicted molar refractivity (Wildman–Crippen MR) is 103 cm³/mol. The van der Waals surface area contributed by atoms with E-state index >= 15 is 0 Å². The van der Waals surface area contributed by atoms with E-state index < -0.39 is 30.1 Å². The molecule has 152 valence electrons. The number of carbonyl (C=O) groups is 3. The van der Waals surface area contributed by atoms with E-state index in [1.54, 1.807) is 6.07 Å². The Labute approximate surface area is 167 Å². The molecule has 0 radical (unpaired) electrons. The zero-order valence-corrected chi connectivity index (χ0v) is 15.8. The number of ketones is 1.